The minimum absolute atomic E-state index is 0.138. The zero-order valence-corrected chi connectivity index (χ0v) is 19.7. The van der Waals surface area contributed by atoms with Crippen LogP contribution in [0.5, 0.6) is 0 Å². The maximum absolute atomic E-state index is 12.9. The number of anilines is 1. The van der Waals surface area contributed by atoms with Gasteiger partial charge in [-0.3, -0.25) is 14.8 Å². The van der Waals surface area contributed by atoms with Gasteiger partial charge in [0.2, 0.25) is 0 Å². The van der Waals surface area contributed by atoms with Gasteiger partial charge in [-0.1, -0.05) is 18.2 Å². The molecule has 2 N–H and O–H groups in total. The molecule has 34 heavy (non-hydrogen) atoms. The van der Waals surface area contributed by atoms with Crippen LogP contribution in [0.25, 0.3) is 0 Å². The number of carbonyl (C=O) groups excluding carboxylic acids is 1. The van der Waals surface area contributed by atoms with Crippen LogP contribution in [0.3, 0.4) is 0 Å². The Morgan fingerprint density at radius 3 is 2.65 bits per heavy atom. The molecule has 3 aromatic rings. The Kier molecular flexibility index (Phi) is 6.02. The summed E-state index contributed by atoms with van der Waals surface area (Å²) in [4.78, 5) is 24.0. The van der Waals surface area contributed by atoms with Gasteiger partial charge in [-0.25, -0.2) is 4.21 Å². The number of amides is 1. The third kappa shape index (κ3) is 4.64. The number of β-amino-alcohol motifs (C(OH)–C–C–N with tert-alkyl or cyclic N) is 1. The van der Waals surface area contributed by atoms with Gasteiger partial charge in [0.15, 0.2) is 11.0 Å². The van der Waals surface area contributed by atoms with Crippen molar-refractivity contribution in [2.24, 2.45) is 4.99 Å². The third-order valence-corrected chi connectivity index (χ3v) is 7.25. The molecule has 1 unspecified atom stereocenters. The zero-order chi connectivity index (χ0) is 23.7. The standard InChI is InChI=1S/C26H26N4O3S/c1-18-5-2-8-22(28-18)15-26(32)16-30(17-26)25(31)20-10-12-21(13-11-20)29-34(33)23-9-3-6-19-7-4-14-27-24(19)23/h2-3,5-6,8-14,29,32H,4,7,15-17H2,1H3. The molecule has 1 amide bonds. The van der Waals surface area contributed by atoms with Gasteiger partial charge < -0.3 is 14.7 Å². The lowest BCUT2D eigenvalue weighted by Gasteiger charge is -2.46. The number of aromatic nitrogens is 1. The van der Waals surface area contributed by atoms with Crippen LogP contribution in [0.4, 0.5) is 11.4 Å². The minimum Gasteiger partial charge on any atom is -0.386 e. The number of carbonyl (C=O) groups is 1. The van der Waals surface area contributed by atoms with Crippen LogP contribution < -0.4 is 4.72 Å². The monoisotopic (exact) mass is 474 g/mol. The number of likely N-dealkylation sites (tertiary alicyclic amines) is 1. The van der Waals surface area contributed by atoms with Crippen LogP contribution in [0, 0.1) is 6.92 Å². The number of aliphatic imine (C=N–C) groups is 1. The average molecular weight is 475 g/mol. The Hall–Kier alpha value is -3.36. The van der Waals surface area contributed by atoms with E-state index in [0.29, 0.717) is 22.6 Å². The van der Waals surface area contributed by atoms with Crippen molar-refractivity contribution >= 4 is 34.5 Å². The van der Waals surface area contributed by atoms with E-state index in [0.717, 1.165) is 35.5 Å². The molecule has 0 spiro atoms. The Morgan fingerprint density at radius 2 is 1.88 bits per heavy atom. The van der Waals surface area contributed by atoms with E-state index < -0.39 is 16.6 Å². The van der Waals surface area contributed by atoms with E-state index in [1.165, 1.54) is 0 Å². The van der Waals surface area contributed by atoms with Crippen molar-refractivity contribution < 1.29 is 14.1 Å². The second-order valence-electron chi connectivity index (χ2n) is 8.90. The zero-order valence-electron chi connectivity index (χ0n) is 18.9. The largest absolute Gasteiger partial charge is 0.386 e. The molecule has 0 saturated carbocycles. The summed E-state index contributed by atoms with van der Waals surface area (Å²) in [6.45, 7) is 2.45. The highest BCUT2D eigenvalue weighted by Crippen LogP contribution is 2.31. The van der Waals surface area contributed by atoms with Crippen molar-refractivity contribution in [2.45, 2.75) is 36.7 Å². The van der Waals surface area contributed by atoms with E-state index in [2.05, 4.69) is 14.7 Å². The summed E-state index contributed by atoms with van der Waals surface area (Å²) in [5, 5.41) is 10.8. The summed E-state index contributed by atoms with van der Waals surface area (Å²) < 4.78 is 15.9. The predicted octanol–water partition coefficient (Wildman–Crippen LogP) is 3.60. The third-order valence-electron chi connectivity index (χ3n) is 6.10. The lowest BCUT2D eigenvalue weighted by molar-refractivity contribution is -0.0805. The molecule has 1 atom stereocenters. The lowest BCUT2D eigenvalue weighted by atomic mass is 9.88. The van der Waals surface area contributed by atoms with Gasteiger partial charge in [-0.15, -0.1) is 0 Å². The van der Waals surface area contributed by atoms with Gasteiger partial charge in [0, 0.05) is 35.3 Å². The van der Waals surface area contributed by atoms with Gasteiger partial charge in [0.25, 0.3) is 5.91 Å². The van der Waals surface area contributed by atoms with Crippen molar-refractivity contribution in [3.05, 3.63) is 83.2 Å². The predicted molar refractivity (Wildman–Crippen MR) is 133 cm³/mol. The van der Waals surface area contributed by atoms with E-state index in [1.54, 1.807) is 29.2 Å². The highest BCUT2D eigenvalue weighted by atomic mass is 32.2. The summed E-state index contributed by atoms with van der Waals surface area (Å²) in [6, 6.07) is 18.4. The Balaban J connectivity index is 1.20. The number of pyridine rings is 1. The second kappa shape index (κ2) is 9.12. The number of nitrogens with zero attached hydrogens (tertiary/aromatic N) is 3. The van der Waals surface area contributed by atoms with Crippen molar-refractivity contribution in [1.29, 1.82) is 0 Å². The van der Waals surface area contributed by atoms with Gasteiger partial charge >= 0.3 is 0 Å². The molecule has 0 radical (unpaired) electrons. The molecule has 1 aromatic heterocycles. The number of aliphatic hydroxyl groups is 1. The number of rotatable bonds is 6. The number of nitrogens with one attached hydrogen (secondary N) is 1. The van der Waals surface area contributed by atoms with Crippen LogP contribution in [0.2, 0.25) is 0 Å². The quantitative estimate of drug-likeness (QED) is 0.571. The smallest absolute Gasteiger partial charge is 0.254 e. The Bertz CT molecular complexity index is 1280. The van der Waals surface area contributed by atoms with Crippen LogP contribution in [-0.4, -0.2) is 50.0 Å². The van der Waals surface area contributed by atoms with Gasteiger partial charge in [0.1, 0.15) is 5.60 Å². The molecule has 7 nitrogen and oxygen atoms in total. The normalized spacial score (nSPS) is 16.9. The van der Waals surface area contributed by atoms with Crippen molar-refractivity contribution in [2.75, 3.05) is 17.8 Å². The first kappa shape index (κ1) is 22.4. The molecule has 3 heterocycles. The van der Waals surface area contributed by atoms with Crippen molar-refractivity contribution in [3.63, 3.8) is 0 Å². The highest BCUT2D eigenvalue weighted by Gasteiger charge is 2.44. The summed E-state index contributed by atoms with van der Waals surface area (Å²) in [5.74, 6) is -0.138. The minimum atomic E-state index is -1.47. The van der Waals surface area contributed by atoms with Gasteiger partial charge in [-0.2, -0.15) is 0 Å². The maximum atomic E-state index is 12.9. The Labute approximate surface area is 201 Å². The molecule has 0 aliphatic carbocycles. The lowest BCUT2D eigenvalue weighted by Crippen LogP contribution is -2.64. The number of para-hydroxylation sites is 1. The molecule has 2 aliphatic rings. The average Bonchev–Trinajstić information content (AvgIpc) is 2.82. The van der Waals surface area contributed by atoms with E-state index in [1.807, 2.05) is 49.5 Å². The molecular formula is C26H26N4O3S. The Morgan fingerprint density at radius 1 is 1.12 bits per heavy atom. The first-order chi connectivity index (χ1) is 16.4. The number of aryl methyl sites for hydroxylation is 2. The molecule has 0 bridgehead atoms. The summed E-state index contributed by atoms with van der Waals surface area (Å²) in [6.07, 6.45) is 4.06. The second-order valence-corrected chi connectivity index (χ2v) is 10.1. The van der Waals surface area contributed by atoms with Gasteiger partial charge in [0.05, 0.1) is 23.7 Å². The van der Waals surface area contributed by atoms with Crippen LogP contribution in [-0.2, 0) is 23.8 Å². The van der Waals surface area contributed by atoms with Crippen molar-refractivity contribution in [1.82, 2.24) is 9.88 Å². The number of benzene rings is 2. The summed E-state index contributed by atoms with van der Waals surface area (Å²) >= 11 is 0. The molecule has 1 saturated heterocycles. The first-order valence-electron chi connectivity index (χ1n) is 11.3. The summed E-state index contributed by atoms with van der Waals surface area (Å²) in [7, 11) is -1.47. The fourth-order valence-electron chi connectivity index (χ4n) is 4.42. The van der Waals surface area contributed by atoms with E-state index >= 15 is 0 Å². The van der Waals surface area contributed by atoms with E-state index in [-0.39, 0.29) is 19.0 Å². The van der Waals surface area contributed by atoms with Crippen LogP contribution >= 0.6 is 0 Å². The van der Waals surface area contributed by atoms with Crippen molar-refractivity contribution in [3.8, 4) is 0 Å². The fourth-order valence-corrected chi connectivity index (χ4v) is 5.44. The molecule has 5 rings (SSSR count). The maximum Gasteiger partial charge on any atom is 0.254 e. The number of hydrogen-bond acceptors (Lipinski definition) is 5. The molecule has 8 heteroatoms. The van der Waals surface area contributed by atoms with Crippen LogP contribution in [0.1, 0.15) is 33.7 Å². The van der Waals surface area contributed by atoms with Gasteiger partial charge in [-0.05, 0) is 67.8 Å². The summed E-state index contributed by atoms with van der Waals surface area (Å²) in [5.41, 5.74) is 3.82. The molecule has 174 valence electrons. The van der Waals surface area contributed by atoms with Crippen LogP contribution in [0.15, 0.2) is 70.6 Å². The first-order valence-corrected chi connectivity index (χ1v) is 12.4. The number of fused-ring (bicyclic) bond motifs is 1. The number of hydrogen-bond donors (Lipinski definition) is 2. The highest BCUT2D eigenvalue weighted by molar-refractivity contribution is 7.86. The van der Waals surface area contributed by atoms with E-state index in [9.17, 15) is 14.1 Å². The molecule has 2 aliphatic heterocycles. The molecule has 2 aromatic carbocycles. The SMILES string of the molecule is Cc1cccc(CC2(O)CN(C(=O)c3ccc(NS(=O)c4cccc5c4N=CCC5)cc3)C2)n1. The van der Waals surface area contributed by atoms with E-state index in [4.69, 9.17) is 0 Å². The fraction of sp³-hybridized carbons (Fsp3) is 0.269. The topological polar surface area (TPSA) is 94.9 Å². The molecular weight excluding hydrogens is 448 g/mol. The molecule has 1 fully saturated rings.